The van der Waals surface area contributed by atoms with Gasteiger partial charge < -0.3 is 9.47 Å². The molecule has 0 aliphatic heterocycles. The van der Waals surface area contributed by atoms with Crippen LogP contribution in [-0.2, 0) is 4.74 Å². The highest BCUT2D eigenvalue weighted by Crippen LogP contribution is 2.21. The van der Waals surface area contributed by atoms with Crippen LogP contribution >= 0.6 is 0 Å². The lowest BCUT2D eigenvalue weighted by molar-refractivity contribution is -0.0498. The van der Waals surface area contributed by atoms with Crippen LogP contribution in [0.3, 0.4) is 0 Å². The fourth-order valence-electron chi connectivity index (χ4n) is 2.79. The molecule has 28 heavy (non-hydrogen) atoms. The second-order valence-electron chi connectivity index (χ2n) is 6.14. The second-order valence-corrected chi connectivity index (χ2v) is 6.14. The van der Waals surface area contributed by atoms with E-state index in [1.54, 1.807) is 31.2 Å². The van der Waals surface area contributed by atoms with Gasteiger partial charge in [0.15, 0.2) is 6.10 Å². The molecule has 0 unspecified atom stereocenters. The van der Waals surface area contributed by atoms with Crippen molar-refractivity contribution in [1.29, 1.82) is 0 Å². The molecule has 0 fully saturated rings. The monoisotopic (exact) mass is 385 g/mol. The minimum atomic E-state index is -2.94. The van der Waals surface area contributed by atoms with E-state index < -0.39 is 24.5 Å². The van der Waals surface area contributed by atoms with E-state index in [2.05, 4.69) is 9.72 Å². The zero-order valence-electron chi connectivity index (χ0n) is 15.2. The third-order valence-electron chi connectivity index (χ3n) is 4.08. The van der Waals surface area contributed by atoms with E-state index in [1.807, 2.05) is 6.07 Å². The molecule has 1 heterocycles. The molecule has 0 aliphatic carbocycles. The number of esters is 1. The van der Waals surface area contributed by atoms with E-state index in [1.165, 1.54) is 31.2 Å². The maximum Gasteiger partial charge on any atom is 0.387 e. The van der Waals surface area contributed by atoms with Crippen molar-refractivity contribution in [2.24, 2.45) is 0 Å². The Balaban J connectivity index is 1.76. The number of pyridine rings is 1. The third-order valence-corrected chi connectivity index (χ3v) is 4.08. The molecule has 0 bridgehead atoms. The van der Waals surface area contributed by atoms with Gasteiger partial charge in [0.25, 0.3) is 0 Å². The number of aryl methyl sites for hydroxylation is 1. The molecule has 0 amide bonds. The van der Waals surface area contributed by atoms with Gasteiger partial charge in [-0.25, -0.2) is 4.79 Å². The van der Waals surface area contributed by atoms with Crippen LogP contribution in [0.4, 0.5) is 8.78 Å². The highest BCUT2D eigenvalue weighted by Gasteiger charge is 2.22. The SMILES string of the molecule is Cc1cc(C(=O)O[C@H](C)C(=O)c2ccc(OC(F)F)cc2)c2ccccc2n1. The number of hydrogen-bond donors (Lipinski definition) is 0. The molecule has 0 radical (unpaired) electrons. The van der Waals surface area contributed by atoms with Gasteiger partial charge >= 0.3 is 12.6 Å². The highest BCUT2D eigenvalue weighted by molar-refractivity contribution is 6.06. The minimum absolute atomic E-state index is 0.0603. The molecule has 0 saturated heterocycles. The number of Topliss-reactive ketones (excluding diaryl/α,β-unsaturated/α-hetero) is 1. The van der Waals surface area contributed by atoms with Crippen molar-refractivity contribution in [3.05, 3.63) is 71.4 Å². The first-order chi connectivity index (χ1) is 13.3. The number of para-hydroxylation sites is 1. The molecule has 1 atom stereocenters. The number of halogens is 2. The fraction of sp³-hybridized carbons (Fsp3) is 0.190. The fourth-order valence-corrected chi connectivity index (χ4v) is 2.79. The van der Waals surface area contributed by atoms with Gasteiger partial charge in [-0.1, -0.05) is 18.2 Å². The van der Waals surface area contributed by atoms with Crippen molar-refractivity contribution in [1.82, 2.24) is 4.98 Å². The smallest absolute Gasteiger partial charge is 0.387 e. The van der Waals surface area contributed by atoms with E-state index in [0.29, 0.717) is 22.2 Å². The Morgan fingerprint density at radius 2 is 1.71 bits per heavy atom. The van der Waals surface area contributed by atoms with E-state index in [-0.39, 0.29) is 11.3 Å². The van der Waals surface area contributed by atoms with Crippen LogP contribution in [0, 0.1) is 6.92 Å². The lowest BCUT2D eigenvalue weighted by atomic mass is 10.1. The summed E-state index contributed by atoms with van der Waals surface area (Å²) in [5.74, 6) is -1.15. The van der Waals surface area contributed by atoms with Crippen LogP contribution in [0.2, 0.25) is 0 Å². The van der Waals surface area contributed by atoms with Crippen molar-refractivity contribution in [3.8, 4) is 5.75 Å². The van der Waals surface area contributed by atoms with Crippen molar-refractivity contribution in [3.63, 3.8) is 0 Å². The van der Waals surface area contributed by atoms with Gasteiger partial charge in [-0.3, -0.25) is 9.78 Å². The van der Waals surface area contributed by atoms with E-state index in [9.17, 15) is 18.4 Å². The van der Waals surface area contributed by atoms with Crippen molar-refractivity contribution >= 4 is 22.7 Å². The minimum Gasteiger partial charge on any atom is -0.451 e. The van der Waals surface area contributed by atoms with Crippen molar-refractivity contribution in [2.75, 3.05) is 0 Å². The first kappa shape index (κ1) is 19.4. The zero-order chi connectivity index (χ0) is 20.3. The Kier molecular flexibility index (Phi) is 5.63. The van der Waals surface area contributed by atoms with Gasteiger partial charge in [0.05, 0.1) is 11.1 Å². The summed E-state index contributed by atoms with van der Waals surface area (Å²) in [6.45, 7) is 0.279. The number of ketones is 1. The number of hydrogen-bond acceptors (Lipinski definition) is 5. The molecule has 0 aliphatic rings. The number of alkyl halides is 2. The summed E-state index contributed by atoms with van der Waals surface area (Å²) in [5, 5.41) is 0.631. The number of aromatic nitrogens is 1. The van der Waals surface area contributed by atoms with E-state index >= 15 is 0 Å². The molecule has 0 N–H and O–H groups in total. The molecule has 3 aromatic rings. The van der Waals surface area contributed by atoms with Crippen LogP contribution in [-0.4, -0.2) is 29.5 Å². The van der Waals surface area contributed by atoms with E-state index in [0.717, 1.165) is 0 Å². The topological polar surface area (TPSA) is 65.5 Å². The molecule has 0 spiro atoms. The normalized spacial score (nSPS) is 12.0. The van der Waals surface area contributed by atoms with Gasteiger partial charge in [-0.05, 0) is 50.2 Å². The number of ether oxygens (including phenoxy) is 2. The number of carbonyl (C=O) groups excluding carboxylic acids is 2. The average Bonchev–Trinajstić information content (AvgIpc) is 2.66. The van der Waals surface area contributed by atoms with Crippen molar-refractivity contribution < 1.29 is 27.8 Å². The summed E-state index contributed by atoms with van der Waals surface area (Å²) in [6.07, 6.45) is -1.05. The number of rotatable bonds is 6. The van der Waals surface area contributed by atoms with Crippen LogP contribution < -0.4 is 4.74 Å². The Morgan fingerprint density at radius 3 is 2.39 bits per heavy atom. The first-order valence-corrected chi connectivity index (χ1v) is 8.51. The Morgan fingerprint density at radius 1 is 1.04 bits per heavy atom. The average molecular weight is 385 g/mol. The van der Waals surface area contributed by atoms with Gasteiger partial charge in [-0.15, -0.1) is 0 Å². The second kappa shape index (κ2) is 8.12. The third kappa shape index (κ3) is 4.31. The molecule has 3 rings (SSSR count). The Bertz CT molecular complexity index is 1020. The van der Waals surface area contributed by atoms with Crippen molar-refractivity contribution in [2.45, 2.75) is 26.6 Å². The van der Waals surface area contributed by atoms with E-state index in [4.69, 9.17) is 4.74 Å². The summed E-state index contributed by atoms with van der Waals surface area (Å²) in [5.41, 5.74) is 1.85. The molecule has 0 saturated carbocycles. The Hall–Kier alpha value is -3.35. The Labute approximate surface area is 159 Å². The van der Waals surface area contributed by atoms with Gasteiger partial charge in [-0.2, -0.15) is 8.78 Å². The number of fused-ring (bicyclic) bond motifs is 1. The molecule has 5 nitrogen and oxygen atoms in total. The number of carbonyl (C=O) groups is 2. The summed E-state index contributed by atoms with van der Waals surface area (Å²) < 4.78 is 34.0. The van der Waals surface area contributed by atoms with Crippen LogP contribution in [0.25, 0.3) is 10.9 Å². The van der Waals surface area contributed by atoms with Crippen LogP contribution in [0.15, 0.2) is 54.6 Å². The largest absolute Gasteiger partial charge is 0.451 e. The standard InChI is InChI=1S/C21H17F2NO4/c1-12-11-17(16-5-3-4-6-18(16)24-12)20(26)27-13(2)19(25)14-7-9-15(10-8-14)28-21(22)23/h3-11,13,21H,1-2H3/t13-/m1/s1. The first-order valence-electron chi connectivity index (χ1n) is 8.51. The lowest BCUT2D eigenvalue weighted by Crippen LogP contribution is -2.24. The highest BCUT2D eigenvalue weighted by atomic mass is 19.3. The summed E-state index contributed by atoms with van der Waals surface area (Å²) in [7, 11) is 0. The molecule has 7 heteroatoms. The quantitative estimate of drug-likeness (QED) is 0.459. The summed E-state index contributed by atoms with van der Waals surface area (Å²) in [4.78, 5) is 29.5. The van der Waals surface area contributed by atoms with Gasteiger partial charge in [0.2, 0.25) is 5.78 Å². The predicted octanol–water partition coefficient (Wildman–Crippen LogP) is 4.57. The molecule has 144 valence electrons. The number of nitrogens with zero attached hydrogens (tertiary/aromatic N) is 1. The zero-order valence-corrected chi connectivity index (χ0v) is 15.2. The maximum atomic E-state index is 12.6. The van der Waals surface area contributed by atoms with Crippen LogP contribution in [0.5, 0.6) is 5.75 Å². The predicted molar refractivity (Wildman–Crippen MR) is 98.8 cm³/mol. The van der Waals surface area contributed by atoms with Gasteiger partial charge in [0, 0.05) is 16.6 Å². The molecular weight excluding hydrogens is 368 g/mol. The summed E-state index contributed by atoms with van der Waals surface area (Å²) in [6, 6.07) is 14.0. The molecule has 2 aromatic carbocycles. The van der Waals surface area contributed by atoms with Crippen LogP contribution in [0.1, 0.15) is 33.3 Å². The lowest BCUT2D eigenvalue weighted by Gasteiger charge is -2.14. The van der Waals surface area contributed by atoms with Gasteiger partial charge in [0.1, 0.15) is 5.75 Å². The molecule has 1 aromatic heterocycles. The maximum absolute atomic E-state index is 12.6. The number of benzene rings is 2. The molecular formula is C21H17F2NO4. The summed E-state index contributed by atoms with van der Waals surface area (Å²) >= 11 is 0.